The lowest BCUT2D eigenvalue weighted by molar-refractivity contribution is 0.459. The van der Waals surface area contributed by atoms with Gasteiger partial charge in [-0.1, -0.05) is 40.2 Å². The summed E-state index contributed by atoms with van der Waals surface area (Å²) in [5, 5.41) is 28.9. The van der Waals surface area contributed by atoms with Gasteiger partial charge < -0.3 is 10.1 Å². The molecule has 4 rings (SSSR count). The summed E-state index contributed by atoms with van der Waals surface area (Å²) in [5.41, 5.74) is 1.15. The lowest BCUT2D eigenvalue weighted by Crippen LogP contribution is -1.82. The van der Waals surface area contributed by atoms with E-state index in [2.05, 4.69) is 41.3 Å². The van der Waals surface area contributed by atoms with Gasteiger partial charge in [0, 0.05) is 20.6 Å². The van der Waals surface area contributed by atoms with Crippen molar-refractivity contribution in [3.05, 3.63) is 53.1 Å². The summed E-state index contributed by atoms with van der Waals surface area (Å²) >= 11 is 3.41. The molecule has 0 saturated heterocycles. The van der Waals surface area contributed by atoms with Gasteiger partial charge in [-0.2, -0.15) is 5.10 Å². The van der Waals surface area contributed by atoms with Crippen LogP contribution in [0.5, 0.6) is 5.88 Å². The fourth-order valence-corrected chi connectivity index (χ4v) is 2.78. The molecule has 7 heteroatoms. The number of halogens is 1. The number of aromatic hydroxyl groups is 1. The number of H-pyrrole nitrogens is 1. The molecule has 0 aliphatic heterocycles. The van der Waals surface area contributed by atoms with E-state index in [1.54, 1.807) is 6.20 Å². The number of fused-ring (bicyclic) bond motifs is 2. The first-order valence-corrected chi connectivity index (χ1v) is 7.64. The quantitative estimate of drug-likeness (QED) is 0.489. The first-order chi connectivity index (χ1) is 11.2. The third kappa shape index (κ3) is 2.44. The van der Waals surface area contributed by atoms with Crippen molar-refractivity contribution in [2.24, 2.45) is 10.2 Å². The van der Waals surface area contributed by atoms with E-state index in [0.717, 1.165) is 26.1 Å². The van der Waals surface area contributed by atoms with Crippen LogP contribution in [0.15, 0.2) is 63.4 Å². The highest BCUT2D eigenvalue weighted by molar-refractivity contribution is 9.10. The molecule has 2 heterocycles. The monoisotopic (exact) mass is 367 g/mol. The molecule has 0 amide bonds. The van der Waals surface area contributed by atoms with Crippen molar-refractivity contribution < 1.29 is 5.11 Å². The van der Waals surface area contributed by atoms with Crippen LogP contribution in [0, 0.1) is 0 Å². The Kier molecular flexibility index (Phi) is 3.27. The summed E-state index contributed by atoms with van der Waals surface area (Å²) in [4.78, 5) is 2.87. The Morgan fingerprint density at radius 3 is 2.83 bits per heavy atom. The van der Waals surface area contributed by atoms with E-state index in [0.29, 0.717) is 11.5 Å². The molecule has 2 N–H and O–H groups in total. The van der Waals surface area contributed by atoms with Crippen molar-refractivity contribution in [3.63, 3.8) is 0 Å². The van der Waals surface area contributed by atoms with Crippen molar-refractivity contribution in [3.8, 4) is 5.88 Å². The summed E-state index contributed by atoms with van der Waals surface area (Å²) in [5.74, 6) is 0.377. The van der Waals surface area contributed by atoms with Crippen molar-refractivity contribution in [1.82, 2.24) is 15.2 Å². The van der Waals surface area contributed by atoms with Crippen LogP contribution in [-0.2, 0) is 0 Å². The molecule has 0 unspecified atom stereocenters. The zero-order valence-corrected chi connectivity index (χ0v) is 13.3. The van der Waals surface area contributed by atoms with Crippen LogP contribution in [0.25, 0.3) is 21.7 Å². The van der Waals surface area contributed by atoms with Gasteiger partial charge in [-0.25, -0.2) is 0 Å². The van der Waals surface area contributed by atoms with Crippen LogP contribution < -0.4 is 0 Å². The normalized spacial score (nSPS) is 11.7. The van der Waals surface area contributed by atoms with Crippen molar-refractivity contribution >= 4 is 49.1 Å². The highest BCUT2D eigenvalue weighted by atomic mass is 79.9. The largest absolute Gasteiger partial charge is 0.493 e. The number of aromatic nitrogens is 3. The highest BCUT2D eigenvalue weighted by Gasteiger charge is 2.11. The summed E-state index contributed by atoms with van der Waals surface area (Å²) in [6.45, 7) is 0. The molecule has 4 aromatic rings. The zero-order valence-electron chi connectivity index (χ0n) is 11.7. The van der Waals surface area contributed by atoms with Crippen molar-refractivity contribution in [2.75, 3.05) is 0 Å². The molecule has 0 radical (unpaired) electrons. The van der Waals surface area contributed by atoms with Crippen LogP contribution in [0.1, 0.15) is 0 Å². The fraction of sp³-hybridized carbons (Fsp3) is 0. The second kappa shape index (κ2) is 5.44. The molecule has 2 aromatic heterocycles. The third-order valence-electron chi connectivity index (χ3n) is 3.51. The number of hydrogen-bond acceptors (Lipinski definition) is 5. The fourth-order valence-electron chi connectivity index (χ4n) is 2.42. The number of azo groups is 1. The van der Waals surface area contributed by atoms with Crippen LogP contribution in [-0.4, -0.2) is 20.3 Å². The molecule has 2 aromatic carbocycles. The topological polar surface area (TPSA) is 86.5 Å². The molecule has 0 aliphatic rings. The Labute approximate surface area is 139 Å². The average molecular weight is 368 g/mol. The minimum atomic E-state index is -0.0324. The number of rotatable bonds is 2. The van der Waals surface area contributed by atoms with Gasteiger partial charge in [0.05, 0.1) is 11.7 Å². The van der Waals surface area contributed by atoms with Gasteiger partial charge in [0.15, 0.2) is 5.69 Å². The lowest BCUT2D eigenvalue weighted by atomic mass is 10.2. The van der Waals surface area contributed by atoms with Gasteiger partial charge in [-0.3, -0.25) is 0 Å². The molecule has 0 spiro atoms. The van der Waals surface area contributed by atoms with Crippen molar-refractivity contribution in [1.29, 1.82) is 0 Å². The maximum atomic E-state index is 10.1. The van der Waals surface area contributed by atoms with Gasteiger partial charge >= 0.3 is 0 Å². The molecule has 112 valence electrons. The molecule has 6 nitrogen and oxygen atoms in total. The van der Waals surface area contributed by atoms with Gasteiger partial charge in [0.2, 0.25) is 11.7 Å². The predicted octanol–water partition coefficient (Wildman–Crippen LogP) is 4.99. The zero-order chi connectivity index (χ0) is 15.8. The maximum Gasteiger partial charge on any atom is 0.218 e. The molecule has 0 bridgehead atoms. The Hall–Kier alpha value is -2.80. The number of nitrogens with zero attached hydrogens (tertiary/aromatic N) is 4. The average Bonchev–Trinajstić information content (AvgIpc) is 2.87. The van der Waals surface area contributed by atoms with Gasteiger partial charge in [0.25, 0.3) is 0 Å². The van der Waals surface area contributed by atoms with Gasteiger partial charge in [-0.05, 0) is 18.2 Å². The summed E-state index contributed by atoms with van der Waals surface area (Å²) < 4.78 is 0.894. The minimum Gasteiger partial charge on any atom is -0.493 e. The smallest absolute Gasteiger partial charge is 0.218 e. The Bertz CT molecular complexity index is 1050. The van der Waals surface area contributed by atoms with E-state index >= 15 is 0 Å². The second-order valence-corrected chi connectivity index (χ2v) is 5.88. The number of benzene rings is 2. The van der Waals surface area contributed by atoms with E-state index in [9.17, 15) is 5.11 Å². The van der Waals surface area contributed by atoms with Gasteiger partial charge in [-0.15, -0.1) is 15.3 Å². The minimum absolute atomic E-state index is 0.0324. The summed E-state index contributed by atoms with van der Waals surface area (Å²) in [6, 6.07) is 13.3. The second-order valence-electron chi connectivity index (χ2n) is 4.97. The molecule has 0 aliphatic carbocycles. The molecular weight excluding hydrogens is 358 g/mol. The van der Waals surface area contributed by atoms with Crippen LogP contribution in [0.3, 0.4) is 0 Å². The predicted molar refractivity (Wildman–Crippen MR) is 91.4 cm³/mol. The lowest BCUT2D eigenvalue weighted by Gasteiger charge is -1.98. The number of hydrogen-bond donors (Lipinski definition) is 2. The standard InChI is InChI=1S/C16H10BrN5O/c17-10-5-6-13-12(7-10)14(16(23)19-13)20-22-15-11-4-2-1-3-9(11)8-18-21-15/h1-8,19,23H. The summed E-state index contributed by atoms with van der Waals surface area (Å²) in [6.07, 6.45) is 1.68. The van der Waals surface area contributed by atoms with Crippen LogP contribution in [0.4, 0.5) is 11.5 Å². The van der Waals surface area contributed by atoms with E-state index in [-0.39, 0.29) is 5.88 Å². The Morgan fingerprint density at radius 2 is 1.91 bits per heavy atom. The highest BCUT2D eigenvalue weighted by Crippen LogP contribution is 2.37. The number of nitrogens with one attached hydrogen (secondary N) is 1. The van der Waals surface area contributed by atoms with E-state index in [1.807, 2.05) is 42.5 Å². The first-order valence-electron chi connectivity index (χ1n) is 6.85. The molecule has 23 heavy (non-hydrogen) atoms. The molecule has 0 saturated carbocycles. The Morgan fingerprint density at radius 1 is 1.04 bits per heavy atom. The van der Waals surface area contributed by atoms with Crippen LogP contribution >= 0.6 is 15.9 Å². The van der Waals surface area contributed by atoms with Crippen molar-refractivity contribution in [2.45, 2.75) is 0 Å². The molecule has 0 fully saturated rings. The van der Waals surface area contributed by atoms with Gasteiger partial charge in [0.1, 0.15) is 0 Å². The maximum absolute atomic E-state index is 10.1. The van der Waals surface area contributed by atoms with E-state index in [4.69, 9.17) is 0 Å². The number of aromatic amines is 1. The SMILES string of the molecule is Oc1[nH]c2ccc(Br)cc2c1N=Nc1nncc2ccccc12. The summed E-state index contributed by atoms with van der Waals surface area (Å²) in [7, 11) is 0. The molecule has 0 atom stereocenters. The third-order valence-corrected chi connectivity index (χ3v) is 4.00. The first kappa shape index (κ1) is 13.8. The Balaban J connectivity index is 1.85. The van der Waals surface area contributed by atoms with Crippen LogP contribution in [0.2, 0.25) is 0 Å². The van der Waals surface area contributed by atoms with E-state index in [1.165, 1.54) is 0 Å². The molecular formula is C16H10BrN5O. The van der Waals surface area contributed by atoms with E-state index < -0.39 is 0 Å².